The number of hydrogen-bond donors (Lipinski definition) is 2. The largest absolute Gasteiger partial charge is 0.468 e. The quantitative estimate of drug-likeness (QED) is 0.859. The molecule has 4 rings (SSSR count). The fourth-order valence-electron chi connectivity index (χ4n) is 4.77. The van der Waals surface area contributed by atoms with Crippen LogP contribution in [0.5, 0.6) is 0 Å². The minimum Gasteiger partial charge on any atom is -0.468 e. The van der Waals surface area contributed by atoms with Crippen LogP contribution in [0.4, 0.5) is 4.79 Å². The number of urea groups is 1. The van der Waals surface area contributed by atoms with Crippen LogP contribution >= 0.6 is 0 Å². The number of nitrogens with one attached hydrogen (secondary N) is 2. The number of piperidine rings is 1. The fourth-order valence-corrected chi connectivity index (χ4v) is 4.77. The van der Waals surface area contributed by atoms with Gasteiger partial charge in [0.2, 0.25) is 0 Å². The van der Waals surface area contributed by atoms with Crippen molar-refractivity contribution in [3.63, 3.8) is 0 Å². The minimum absolute atomic E-state index is 0.0341. The maximum absolute atomic E-state index is 12.5. The van der Waals surface area contributed by atoms with Gasteiger partial charge in [0.15, 0.2) is 0 Å². The van der Waals surface area contributed by atoms with Gasteiger partial charge in [0, 0.05) is 25.2 Å². The number of hydrogen-bond acceptors (Lipinski definition) is 4. The van der Waals surface area contributed by atoms with Crippen LogP contribution in [-0.2, 0) is 0 Å². The van der Waals surface area contributed by atoms with E-state index in [4.69, 9.17) is 4.42 Å². The van der Waals surface area contributed by atoms with Gasteiger partial charge in [-0.2, -0.15) is 0 Å². The highest BCUT2D eigenvalue weighted by molar-refractivity contribution is 5.74. The maximum Gasteiger partial charge on any atom is 0.315 e. The van der Waals surface area contributed by atoms with Gasteiger partial charge >= 0.3 is 6.03 Å². The lowest BCUT2D eigenvalue weighted by Gasteiger charge is -2.32. The molecule has 2 amide bonds. The molecular weight excluding hydrogens is 316 g/mol. The van der Waals surface area contributed by atoms with Crippen LogP contribution in [0.1, 0.15) is 50.3 Å². The highest BCUT2D eigenvalue weighted by Gasteiger charge is 2.36. The predicted molar refractivity (Wildman–Crippen MR) is 96.4 cm³/mol. The number of furan rings is 1. The van der Waals surface area contributed by atoms with Gasteiger partial charge in [0.05, 0.1) is 12.3 Å². The smallest absolute Gasteiger partial charge is 0.315 e. The summed E-state index contributed by atoms with van der Waals surface area (Å²) in [6.45, 7) is 5.07. The molecule has 1 aromatic rings. The Labute approximate surface area is 149 Å². The van der Waals surface area contributed by atoms with Gasteiger partial charge in [-0.3, -0.25) is 9.80 Å². The van der Waals surface area contributed by atoms with E-state index in [1.54, 1.807) is 6.26 Å². The van der Waals surface area contributed by atoms with Crippen molar-refractivity contribution in [3.8, 4) is 0 Å². The van der Waals surface area contributed by atoms with Crippen molar-refractivity contribution in [2.24, 2.45) is 0 Å². The third kappa shape index (κ3) is 3.85. The molecule has 3 aliphatic heterocycles. The average molecular weight is 346 g/mol. The van der Waals surface area contributed by atoms with Crippen molar-refractivity contribution in [2.45, 2.75) is 56.7 Å². The topological polar surface area (TPSA) is 60.8 Å². The van der Waals surface area contributed by atoms with E-state index in [0.717, 1.165) is 31.8 Å². The zero-order valence-electron chi connectivity index (χ0n) is 15.0. The normalized spacial score (nSPS) is 28.6. The Balaban J connectivity index is 1.31. The van der Waals surface area contributed by atoms with Crippen molar-refractivity contribution in [1.29, 1.82) is 0 Å². The van der Waals surface area contributed by atoms with E-state index in [-0.39, 0.29) is 12.1 Å². The van der Waals surface area contributed by atoms with Crippen LogP contribution in [0.25, 0.3) is 0 Å². The van der Waals surface area contributed by atoms with Gasteiger partial charge in [-0.05, 0) is 63.9 Å². The molecule has 138 valence electrons. The summed E-state index contributed by atoms with van der Waals surface area (Å²) in [5.41, 5.74) is 0. The van der Waals surface area contributed by atoms with E-state index in [0.29, 0.717) is 18.6 Å². The lowest BCUT2D eigenvalue weighted by atomic mass is 9.99. The molecule has 3 fully saturated rings. The molecule has 0 spiro atoms. The molecule has 3 atom stereocenters. The van der Waals surface area contributed by atoms with E-state index >= 15 is 0 Å². The van der Waals surface area contributed by atoms with Gasteiger partial charge in [0.1, 0.15) is 5.76 Å². The van der Waals surface area contributed by atoms with Crippen molar-refractivity contribution < 1.29 is 9.21 Å². The fraction of sp³-hybridized carbons (Fsp3) is 0.737. The van der Waals surface area contributed by atoms with Crippen molar-refractivity contribution in [1.82, 2.24) is 20.4 Å². The van der Waals surface area contributed by atoms with E-state index in [1.165, 1.54) is 38.6 Å². The second-order valence-corrected chi connectivity index (χ2v) is 7.62. The molecule has 0 aromatic carbocycles. The Hall–Kier alpha value is -1.53. The van der Waals surface area contributed by atoms with Crippen LogP contribution in [0.3, 0.4) is 0 Å². The lowest BCUT2D eigenvalue weighted by Crippen LogP contribution is -2.50. The zero-order valence-corrected chi connectivity index (χ0v) is 15.0. The molecule has 25 heavy (non-hydrogen) atoms. The first kappa shape index (κ1) is 16.9. The standard InChI is InChI=1S/C19H30N4O2/c24-19(21-15-8-12-23-9-2-1-6-16(15)23)20-14-17(18-7-5-13-25-18)22-10-3-4-11-22/h5,7,13,15-17H,1-4,6,8-12,14H2,(H2,20,21,24)/t15-,16-,17-/m1/s1. The Bertz CT molecular complexity index is 556. The van der Waals surface area contributed by atoms with E-state index in [1.807, 2.05) is 12.1 Å². The molecule has 6 heteroatoms. The van der Waals surface area contributed by atoms with Gasteiger partial charge in [0.25, 0.3) is 0 Å². The second kappa shape index (κ2) is 7.79. The Morgan fingerprint density at radius 2 is 2.00 bits per heavy atom. The number of fused-ring (bicyclic) bond motifs is 1. The summed E-state index contributed by atoms with van der Waals surface area (Å²) >= 11 is 0. The number of nitrogens with zero attached hydrogens (tertiary/aromatic N) is 2. The third-order valence-corrected chi connectivity index (χ3v) is 6.08. The van der Waals surface area contributed by atoms with Gasteiger partial charge < -0.3 is 15.1 Å². The summed E-state index contributed by atoms with van der Waals surface area (Å²) in [7, 11) is 0. The summed E-state index contributed by atoms with van der Waals surface area (Å²) in [4.78, 5) is 17.4. The second-order valence-electron chi connectivity index (χ2n) is 7.62. The molecule has 1 aromatic heterocycles. The number of amides is 2. The van der Waals surface area contributed by atoms with Crippen molar-refractivity contribution in [2.75, 3.05) is 32.7 Å². The first-order valence-corrected chi connectivity index (χ1v) is 9.87. The number of rotatable bonds is 5. The van der Waals surface area contributed by atoms with Crippen molar-refractivity contribution >= 4 is 6.03 Å². The highest BCUT2D eigenvalue weighted by atomic mass is 16.3. The number of likely N-dealkylation sites (tertiary alicyclic amines) is 1. The van der Waals surface area contributed by atoms with Crippen LogP contribution in [0, 0.1) is 0 Å². The molecule has 0 saturated carbocycles. The number of carbonyl (C=O) groups is 1. The van der Waals surface area contributed by atoms with E-state index < -0.39 is 0 Å². The molecule has 2 N–H and O–H groups in total. The summed E-state index contributed by atoms with van der Waals surface area (Å²) in [6, 6.07) is 4.88. The monoisotopic (exact) mass is 346 g/mol. The van der Waals surface area contributed by atoms with E-state index in [2.05, 4.69) is 20.4 Å². The van der Waals surface area contributed by atoms with Gasteiger partial charge in [-0.1, -0.05) is 6.42 Å². The minimum atomic E-state index is -0.0341. The summed E-state index contributed by atoms with van der Waals surface area (Å²) in [6.07, 6.45) is 9.05. The molecule has 0 bridgehead atoms. The maximum atomic E-state index is 12.5. The Morgan fingerprint density at radius 3 is 2.80 bits per heavy atom. The van der Waals surface area contributed by atoms with Crippen LogP contribution in [0.15, 0.2) is 22.8 Å². The zero-order chi connectivity index (χ0) is 17.1. The molecule has 3 aliphatic rings. The molecule has 3 saturated heterocycles. The molecule has 0 radical (unpaired) electrons. The first-order chi connectivity index (χ1) is 12.3. The van der Waals surface area contributed by atoms with Crippen LogP contribution in [-0.4, -0.2) is 60.6 Å². The predicted octanol–water partition coefficient (Wildman–Crippen LogP) is 2.34. The highest BCUT2D eigenvalue weighted by Crippen LogP contribution is 2.27. The van der Waals surface area contributed by atoms with Gasteiger partial charge in [-0.25, -0.2) is 4.79 Å². The van der Waals surface area contributed by atoms with E-state index in [9.17, 15) is 4.79 Å². The SMILES string of the molecule is O=C(NC[C@H](c1ccco1)N1CCCC1)N[C@@H]1CCN2CCCC[C@H]12. The average Bonchev–Trinajstić information content (AvgIpc) is 3.38. The van der Waals surface area contributed by atoms with Crippen LogP contribution in [0.2, 0.25) is 0 Å². The third-order valence-electron chi connectivity index (χ3n) is 6.08. The summed E-state index contributed by atoms with van der Waals surface area (Å²) < 4.78 is 5.62. The number of carbonyl (C=O) groups excluding carboxylic acids is 1. The molecule has 0 aliphatic carbocycles. The molecule has 4 heterocycles. The van der Waals surface area contributed by atoms with Crippen LogP contribution < -0.4 is 10.6 Å². The summed E-state index contributed by atoms with van der Waals surface area (Å²) in [5.74, 6) is 0.946. The lowest BCUT2D eigenvalue weighted by molar-refractivity contribution is 0.176. The Kier molecular flexibility index (Phi) is 5.27. The Morgan fingerprint density at radius 1 is 1.16 bits per heavy atom. The van der Waals surface area contributed by atoms with Crippen molar-refractivity contribution in [3.05, 3.63) is 24.2 Å². The molecule has 6 nitrogen and oxygen atoms in total. The van der Waals surface area contributed by atoms with Gasteiger partial charge in [-0.15, -0.1) is 0 Å². The molecular formula is C19H30N4O2. The summed E-state index contributed by atoms with van der Waals surface area (Å²) in [5, 5.41) is 6.33. The molecule has 0 unspecified atom stereocenters. The first-order valence-electron chi connectivity index (χ1n) is 9.87.